The van der Waals surface area contributed by atoms with Crippen molar-refractivity contribution < 1.29 is 4.42 Å². The van der Waals surface area contributed by atoms with Crippen molar-refractivity contribution in [3.63, 3.8) is 0 Å². The lowest BCUT2D eigenvalue weighted by Gasteiger charge is -2.32. The van der Waals surface area contributed by atoms with Crippen LogP contribution in [0.15, 0.2) is 198 Å². The Kier molecular flexibility index (Phi) is 7.03. The van der Waals surface area contributed by atoms with Gasteiger partial charge >= 0.3 is 0 Å². The van der Waals surface area contributed by atoms with E-state index in [1.54, 1.807) is 0 Å². The number of hydrogen-bond donors (Lipinski definition) is 0. The molecular weight excluding hydrogens is 655 g/mol. The smallest absolute Gasteiger partial charge is 0.143 e. The van der Waals surface area contributed by atoms with Crippen molar-refractivity contribution >= 4 is 82.0 Å². The molecule has 0 atom stereocenters. The molecule has 11 rings (SSSR count). The average molecular weight is 690 g/mol. The fourth-order valence-electron chi connectivity index (χ4n) is 8.75. The maximum atomic E-state index is 6.53. The molecule has 0 saturated carbocycles. The van der Waals surface area contributed by atoms with Gasteiger partial charge in [0.1, 0.15) is 11.2 Å². The Hall–Kier alpha value is -6.90. The molecule has 1 heterocycles. The molecule has 1 aromatic heterocycles. The maximum Gasteiger partial charge on any atom is 0.143 e. The highest BCUT2D eigenvalue weighted by Crippen LogP contribution is 2.44. The van der Waals surface area contributed by atoms with E-state index >= 15 is 0 Å². The summed E-state index contributed by atoms with van der Waals surface area (Å²) in [6.07, 6.45) is 6.54. The predicted molar refractivity (Wildman–Crippen MR) is 229 cm³/mol. The van der Waals surface area contributed by atoms with Gasteiger partial charge in [-0.1, -0.05) is 152 Å². The van der Waals surface area contributed by atoms with Crippen LogP contribution in [0.4, 0.5) is 11.4 Å². The van der Waals surface area contributed by atoms with E-state index in [1.807, 2.05) is 0 Å². The second-order valence-electron chi connectivity index (χ2n) is 14.3. The second kappa shape index (κ2) is 12.4. The van der Waals surface area contributed by atoms with Crippen molar-refractivity contribution in [1.29, 1.82) is 0 Å². The van der Waals surface area contributed by atoms with Crippen molar-refractivity contribution in [2.45, 2.75) is 12.8 Å². The normalized spacial score (nSPS) is 13.3. The summed E-state index contributed by atoms with van der Waals surface area (Å²) in [4.78, 5) is 2.52. The van der Waals surface area contributed by atoms with Gasteiger partial charge in [-0.25, -0.2) is 0 Å². The van der Waals surface area contributed by atoms with Gasteiger partial charge < -0.3 is 9.32 Å². The highest BCUT2D eigenvalue weighted by Gasteiger charge is 2.24. The number of rotatable bonds is 5. The Morgan fingerprint density at radius 2 is 1.09 bits per heavy atom. The van der Waals surface area contributed by atoms with Gasteiger partial charge in [-0.2, -0.15) is 0 Å². The molecule has 0 unspecified atom stereocenters. The molecule has 2 heteroatoms. The highest BCUT2D eigenvalue weighted by atomic mass is 16.3. The van der Waals surface area contributed by atoms with Gasteiger partial charge in [-0.15, -0.1) is 0 Å². The van der Waals surface area contributed by atoms with Gasteiger partial charge in [-0.05, 0) is 98.2 Å². The van der Waals surface area contributed by atoms with Crippen LogP contribution in [0.25, 0.3) is 81.7 Å². The number of allylic oxidation sites excluding steroid dienone is 4. The molecule has 0 N–H and O–H groups in total. The number of furan rings is 1. The van der Waals surface area contributed by atoms with Crippen LogP contribution in [0.2, 0.25) is 0 Å². The lowest BCUT2D eigenvalue weighted by Crippen LogP contribution is -2.19. The van der Waals surface area contributed by atoms with Gasteiger partial charge in [-0.3, -0.25) is 0 Å². The van der Waals surface area contributed by atoms with Crippen molar-refractivity contribution in [2.24, 2.45) is 0 Å². The lowest BCUT2D eigenvalue weighted by molar-refractivity contribution is 0.672. The van der Waals surface area contributed by atoms with Crippen LogP contribution >= 0.6 is 0 Å². The van der Waals surface area contributed by atoms with E-state index in [1.165, 1.54) is 71.4 Å². The maximum absolute atomic E-state index is 6.53. The Morgan fingerprint density at radius 3 is 1.93 bits per heavy atom. The molecule has 2 nitrogen and oxygen atoms in total. The summed E-state index contributed by atoms with van der Waals surface area (Å²) < 4.78 is 6.53. The van der Waals surface area contributed by atoms with E-state index in [9.17, 15) is 0 Å². The first-order valence-electron chi connectivity index (χ1n) is 18.8. The molecule has 0 aliphatic heterocycles. The van der Waals surface area contributed by atoms with Gasteiger partial charge in [0.2, 0.25) is 0 Å². The summed E-state index contributed by atoms with van der Waals surface area (Å²) >= 11 is 0. The van der Waals surface area contributed by atoms with Crippen LogP contribution in [-0.4, -0.2) is 0 Å². The number of anilines is 2. The quantitative estimate of drug-likeness (QED) is 0.167. The summed E-state index contributed by atoms with van der Waals surface area (Å²) in [5, 5.41) is 12.2. The van der Waals surface area contributed by atoms with Crippen molar-refractivity contribution in [1.82, 2.24) is 0 Å². The molecule has 0 saturated heterocycles. The summed E-state index contributed by atoms with van der Waals surface area (Å²) in [5.41, 5.74) is 10.3. The zero-order valence-corrected chi connectivity index (χ0v) is 29.7. The van der Waals surface area contributed by atoms with Crippen molar-refractivity contribution in [2.75, 3.05) is 4.90 Å². The molecule has 1 aliphatic rings. The molecule has 0 amide bonds. The minimum absolute atomic E-state index is 0.911. The largest absolute Gasteiger partial charge is 0.455 e. The van der Waals surface area contributed by atoms with E-state index in [0.29, 0.717) is 0 Å². The Morgan fingerprint density at radius 1 is 0.444 bits per heavy atom. The lowest BCUT2D eigenvalue weighted by atomic mass is 9.92. The third-order valence-electron chi connectivity index (χ3n) is 11.3. The first kappa shape index (κ1) is 30.7. The molecule has 0 radical (unpaired) electrons. The molecule has 0 bridgehead atoms. The van der Waals surface area contributed by atoms with Crippen LogP contribution in [0.3, 0.4) is 0 Å². The van der Waals surface area contributed by atoms with Crippen LogP contribution in [0.1, 0.15) is 18.4 Å². The fourth-order valence-corrected chi connectivity index (χ4v) is 8.75. The van der Waals surface area contributed by atoms with E-state index in [-0.39, 0.29) is 0 Å². The third-order valence-corrected chi connectivity index (χ3v) is 11.3. The van der Waals surface area contributed by atoms with Crippen LogP contribution < -0.4 is 4.90 Å². The zero-order chi connectivity index (χ0) is 35.6. The summed E-state index contributed by atoms with van der Waals surface area (Å²) in [5.74, 6) is 0. The second-order valence-corrected chi connectivity index (χ2v) is 14.3. The summed E-state index contributed by atoms with van der Waals surface area (Å²) in [6.45, 7) is 0. The monoisotopic (exact) mass is 689 g/mol. The molecule has 1 aliphatic carbocycles. The Balaban J connectivity index is 1.13. The molecule has 254 valence electrons. The van der Waals surface area contributed by atoms with Crippen molar-refractivity contribution in [3.8, 4) is 11.1 Å². The topological polar surface area (TPSA) is 16.4 Å². The molecule has 0 fully saturated rings. The minimum Gasteiger partial charge on any atom is -0.455 e. The first-order chi connectivity index (χ1) is 26.8. The summed E-state index contributed by atoms with van der Waals surface area (Å²) in [6, 6.07) is 64.1. The van der Waals surface area contributed by atoms with Gasteiger partial charge in [0, 0.05) is 38.5 Å². The molecule has 54 heavy (non-hydrogen) atoms. The molecule has 10 aromatic rings. The number of benzene rings is 9. The molecule has 9 aromatic carbocycles. The van der Waals surface area contributed by atoms with E-state index in [0.717, 1.165) is 45.9 Å². The van der Waals surface area contributed by atoms with Crippen LogP contribution in [0.5, 0.6) is 0 Å². The Bertz CT molecular complexity index is 3160. The molecule has 0 spiro atoms. The number of fused-ring (bicyclic) bond motifs is 9. The average Bonchev–Trinajstić information content (AvgIpc) is 3.63. The van der Waals surface area contributed by atoms with E-state index in [2.05, 4.69) is 193 Å². The van der Waals surface area contributed by atoms with Crippen molar-refractivity contribution in [3.05, 3.63) is 199 Å². The van der Waals surface area contributed by atoms with E-state index in [4.69, 9.17) is 4.42 Å². The van der Waals surface area contributed by atoms with Crippen LogP contribution in [0, 0.1) is 0 Å². The number of hydrogen-bond acceptors (Lipinski definition) is 2. The minimum atomic E-state index is 0.911. The first-order valence-corrected chi connectivity index (χ1v) is 18.8. The van der Waals surface area contributed by atoms with Gasteiger partial charge in [0.25, 0.3) is 0 Å². The SMILES string of the molecule is C1=CC(c2ccc3oc4c5ccccc5ccc4c3c2)=C(N(c2ccc(-c3cccc4ccccc34)cc2)c2cccc3c2ccc2ccccc23)CC1. The third kappa shape index (κ3) is 4.88. The number of nitrogens with zero attached hydrogens (tertiary/aromatic N) is 1. The molecular formula is C52H35NO. The highest BCUT2D eigenvalue weighted by molar-refractivity contribution is 6.16. The van der Waals surface area contributed by atoms with Gasteiger partial charge in [0.05, 0.1) is 5.69 Å². The summed E-state index contributed by atoms with van der Waals surface area (Å²) in [7, 11) is 0. The zero-order valence-electron chi connectivity index (χ0n) is 29.7. The predicted octanol–water partition coefficient (Wildman–Crippen LogP) is 14.8. The standard InChI is InChI=1S/C52H35NO/c1-4-15-40-34(11-1)14-9-19-41(40)37-23-28-39(29-24-37)53(50-22-10-20-45-42-16-5-2-12-35(42)25-30-46(45)50)49-21-8-7-17-43(49)38-27-32-51-48(33-38)47-31-26-36-13-3-6-18-44(36)52(47)54-51/h1-7,9-20,22-33H,8,21H2. The Labute approximate surface area is 313 Å². The van der Waals surface area contributed by atoms with Gasteiger partial charge in [0.15, 0.2) is 0 Å². The fraction of sp³-hybridized carbons (Fsp3) is 0.0385. The van der Waals surface area contributed by atoms with Crippen LogP contribution in [-0.2, 0) is 0 Å². The van der Waals surface area contributed by atoms with E-state index < -0.39 is 0 Å².